The minimum atomic E-state index is -4.62. The van der Waals surface area contributed by atoms with Gasteiger partial charge in [-0.2, -0.15) is 0 Å². The van der Waals surface area contributed by atoms with Gasteiger partial charge in [0.15, 0.2) is 0 Å². The van der Waals surface area contributed by atoms with E-state index in [1.54, 1.807) is 0 Å². The molecule has 60 heavy (non-hydrogen) atoms. The largest absolute Gasteiger partial charge is 0.480 e. The van der Waals surface area contributed by atoms with Crippen molar-refractivity contribution in [3.8, 4) is 0 Å². The normalized spacial score (nSPS) is 14.1. The van der Waals surface area contributed by atoms with Gasteiger partial charge in [-0.15, -0.1) is 0 Å². The number of carboxylic acid groups (broad SMARTS) is 1. The number of carboxylic acids is 1. The molecule has 3 unspecified atom stereocenters. The first kappa shape index (κ1) is 58.2. The molecule has 0 aliphatic carbocycles. The fourth-order valence-electron chi connectivity index (χ4n) is 6.85. The Morgan fingerprint density at radius 2 is 0.917 bits per heavy atom. The van der Waals surface area contributed by atoms with E-state index in [1.165, 1.54) is 148 Å². The van der Waals surface area contributed by atoms with Gasteiger partial charge in [0.1, 0.15) is 12.1 Å². The van der Waals surface area contributed by atoms with Crippen molar-refractivity contribution in [3.63, 3.8) is 0 Å². The monoisotopic (exact) mass is 870 g/mol. The summed E-state index contributed by atoms with van der Waals surface area (Å²) in [5.41, 5.74) is 5.37. The van der Waals surface area contributed by atoms with Crippen LogP contribution in [0.4, 0.5) is 0 Å². The quantitative estimate of drug-likeness (QED) is 0.0233. The summed E-state index contributed by atoms with van der Waals surface area (Å²) in [6.07, 6.45) is 51.9. The SMILES string of the molecule is CCCCCCC/C=C\C/C=C\C/C=C\CCCCCCCCCOCC(COP(=O)(O)OCC(N)C(=O)O)OC(=O)CCCCCCCCCCCCCCCCCC. The highest BCUT2D eigenvalue weighted by Gasteiger charge is 2.27. The second-order valence-electron chi connectivity index (χ2n) is 16.6. The molecule has 0 aromatic rings. The molecule has 0 rings (SSSR count). The Kier molecular flexibility index (Phi) is 43.9. The number of aliphatic carboxylic acids is 1. The highest BCUT2D eigenvalue weighted by atomic mass is 31.2. The predicted molar refractivity (Wildman–Crippen MR) is 249 cm³/mol. The van der Waals surface area contributed by atoms with Gasteiger partial charge in [0.05, 0.1) is 19.8 Å². The van der Waals surface area contributed by atoms with Gasteiger partial charge in [-0.1, -0.05) is 204 Å². The molecule has 0 aromatic heterocycles. The van der Waals surface area contributed by atoms with E-state index in [0.29, 0.717) is 13.0 Å². The van der Waals surface area contributed by atoms with Crippen molar-refractivity contribution in [3.05, 3.63) is 36.5 Å². The van der Waals surface area contributed by atoms with Crippen LogP contribution in [0.2, 0.25) is 0 Å². The summed E-state index contributed by atoms with van der Waals surface area (Å²) in [7, 11) is -4.62. The molecule has 0 aliphatic heterocycles. The Morgan fingerprint density at radius 1 is 0.533 bits per heavy atom. The van der Waals surface area contributed by atoms with E-state index in [0.717, 1.165) is 51.4 Å². The summed E-state index contributed by atoms with van der Waals surface area (Å²) in [6.45, 7) is 3.88. The van der Waals surface area contributed by atoms with E-state index in [2.05, 4.69) is 50.3 Å². The number of carbonyl (C=O) groups excluding carboxylic acids is 1. The predicted octanol–water partition coefficient (Wildman–Crippen LogP) is 14.0. The van der Waals surface area contributed by atoms with Crippen molar-refractivity contribution in [1.82, 2.24) is 0 Å². The molecular weight excluding hydrogens is 778 g/mol. The minimum absolute atomic E-state index is 0.0128. The van der Waals surface area contributed by atoms with Crippen LogP contribution < -0.4 is 5.73 Å². The fraction of sp³-hybridized carbons (Fsp3) is 0.837. The molecule has 0 heterocycles. The maximum Gasteiger partial charge on any atom is 0.472 e. The van der Waals surface area contributed by atoms with Gasteiger partial charge in [-0.25, -0.2) is 4.57 Å². The van der Waals surface area contributed by atoms with Crippen LogP contribution in [-0.4, -0.2) is 60.5 Å². The van der Waals surface area contributed by atoms with Crippen molar-refractivity contribution in [2.24, 2.45) is 5.73 Å². The lowest BCUT2D eigenvalue weighted by molar-refractivity contribution is -0.154. The van der Waals surface area contributed by atoms with E-state index >= 15 is 0 Å². The molecule has 0 aromatic carbocycles. The van der Waals surface area contributed by atoms with E-state index < -0.39 is 45.1 Å². The van der Waals surface area contributed by atoms with E-state index in [1.807, 2.05) is 0 Å². The first-order chi connectivity index (χ1) is 29.2. The summed E-state index contributed by atoms with van der Waals surface area (Å²) < 4.78 is 33.5. The zero-order valence-corrected chi connectivity index (χ0v) is 39.5. The molecule has 0 amide bonds. The minimum Gasteiger partial charge on any atom is -0.480 e. The third-order valence-electron chi connectivity index (χ3n) is 10.7. The Morgan fingerprint density at radius 3 is 1.37 bits per heavy atom. The Labute approximate surface area is 367 Å². The Balaban J connectivity index is 4.17. The van der Waals surface area contributed by atoms with Gasteiger partial charge in [0, 0.05) is 13.0 Å². The van der Waals surface area contributed by atoms with Crippen LogP contribution >= 0.6 is 7.82 Å². The number of rotatable bonds is 47. The van der Waals surface area contributed by atoms with Crippen molar-refractivity contribution in [2.75, 3.05) is 26.4 Å². The first-order valence-electron chi connectivity index (χ1n) is 24.5. The zero-order valence-electron chi connectivity index (χ0n) is 38.6. The zero-order chi connectivity index (χ0) is 44.0. The standard InChI is InChI=1S/C49H92NO9P/c1-3-5-7-9-11-13-15-17-19-21-22-23-24-25-26-28-30-32-34-36-38-40-42-56-43-46(44-57-60(54,55)58-45-47(50)49(52)53)59-48(51)41-39-37-35-33-31-29-27-20-18-16-14-12-10-8-6-4-2/h15,17,21-22,24-25,46-47H,3-14,16,18-20,23,26-45,50H2,1-2H3,(H,52,53)(H,54,55)/b17-15-,22-21-,25-24-. The number of nitrogens with two attached hydrogens (primary N) is 1. The molecule has 0 aliphatic rings. The molecule has 4 N–H and O–H groups in total. The highest BCUT2D eigenvalue weighted by Crippen LogP contribution is 2.43. The molecular formula is C49H92NO9P. The summed E-state index contributed by atoms with van der Waals surface area (Å²) in [5.74, 6) is -1.78. The molecule has 10 nitrogen and oxygen atoms in total. The molecule has 0 fully saturated rings. The van der Waals surface area contributed by atoms with Crippen LogP contribution in [0.15, 0.2) is 36.5 Å². The number of hydrogen-bond donors (Lipinski definition) is 3. The molecule has 352 valence electrons. The highest BCUT2D eigenvalue weighted by molar-refractivity contribution is 7.47. The van der Waals surface area contributed by atoms with Crippen molar-refractivity contribution in [1.29, 1.82) is 0 Å². The van der Waals surface area contributed by atoms with Crippen LogP contribution in [0, 0.1) is 0 Å². The number of hydrogen-bond acceptors (Lipinski definition) is 8. The van der Waals surface area contributed by atoms with Gasteiger partial charge in [-0.05, 0) is 51.4 Å². The van der Waals surface area contributed by atoms with Crippen LogP contribution in [0.25, 0.3) is 0 Å². The van der Waals surface area contributed by atoms with E-state index in [4.69, 9.17) is 29.4 Å². The smallest absolute Gasteiger partial charge is 0.472 e. The van der Waals surface area contributed by atoms with Crippen molar-refractivity contribution >= 4 is 19.8 Å². The lowest BCUT2D eigenvalue weighted by Crippen LogP contribution is -2.34. The maximum absolute atomic E-state index is 12.7. The molecule has 11 heteroatoms. The molecule has 0 bridgehead atoms. The summed E-state index contributed by atoms with van der Waals surface area (Å²) in [5, 5.41) is 8.92. The molecule has 0 saturated heterocycles. The van der Waals surface area contributed by atoms with Crippen molar-refractivity contribution < 1.29 is 42.7 Å². The van der Waals surface area contributed by atoms with Crippen molar-refractivity contribution in [2.45, 2.75) is 238 Å². The summed E-state index contributed by atoms with van der Waals surface area (Å²) in [4.78, 5) is 33.6. The number of ether oxygens (including phenoxy) is 2. The second-order valence-corrected chi connectivity index (χ2v) is 18.1. The van der Waals surface area contributed by atoms with Crippen LogP contribution in [0.1, 0.15) is 226 Å². The third kappa shape index (κ3) is 44.3. The molecule has 3 atom stereocenters. The number of esters is 1. The Bertz CT molecular complexity index is 1100. The van der Waals surface area contributed by atoms with Gasteiger partial charge in [0.2, 0.25) is 0 Å². The third-order valence-corrected chi connectivity index (χ3v) is 11.6. The van der Waals surface area contributed by atoms with Crippen LogP contribution in [0.3, 0.4) is 0 Å². The number of carbonyl (C=O) groups is 2. The van der Waals surface area contributed by atoms with Gasteiger partial charge in [-0.3, -0.25) is 18.6 Å². The topological polar surface area (TPSA) is 155 Å². The lowest BCUT2D eigenvalue weighted by atomic mass is 10.0. The maximum atomic E-state index is 12.7. The molecule has 0 spiro atoms. The molecule has 0 radical (unpaired) electrons. The number of phosphoric acid groups is 1. The lowest BCUT2D eigenvalue weighted by Gasteiger charge is -2.20. The molecule has 0 saturated carbocycles. The average Bonchev–Trinajstić information content (AvgIpc) is 3.23. The summed E-state index contributed by atoms with van der Waals surface area (Å²) in [6, 6.07) is -1.47. The Hall–Kier alpha value is -1.81. The second kappa shape index (κ2) is 45.2. The number of phosphoric ester groups is 1. The average molecular weight is 870 g/mol. The number of unbranched alkanes of at least 4 members (excludes halogenated alkanes) is 27. The van der Waals surface area contributed by atoms with E-state index in [-0.39, 0.29) is 13.0 Å². The van der Waals surface area contributed by atoms with Gasteiger partial charge in [0.25, 0.3) is 0 Å². The van der Waals surface area contributed by atoms with Gasteiger partial charge < -0.3 is 25.2 Å². The fourth-order valence-corrected chi connectivity index (χ4v) is 7.63. The van der Waals surface area contributed by atoms with Gasteiger partial charge >= 0.3 is 19.8 Å². The van der Waals surface area contributed by atoms with E-state index in [9.17, 15) is 19.0 Å². The van der Waals surface area contributed by atoms with Crippen LogP contribution in [-0.2, 0) is 32.7 Å². The first-order valence-corrected chi connectivity index (χ1v) is 26.0. The number of allylic oxidation sites excluding steroid dienone is 6. The summed E-state index contributed by atoms with van der Waals surface area (Å²) >= 11 is 0. The van der Waals surface area contributed by atoms with Crippen LogP contribution in [0.5, 0.6) is 0 Å².